The first-order valence-electron chi connectivity index (χ1n) is 5.93. The van der Waals surface area contributed by atoms with Crippen LogP contribution in [0.15, 0.2) is 18.2 Å². The molecule has 0 aromatic heterocycles. The quantitative estimate of drug-likeness (QED) is 0.744. The fourth-order valence-corrected chi connectivity index (χ4v) is 2.72. The van der Waals surface area contributed by atoms with E-state index in [4.69, 9.17) is 0 Å². The van der Waals surface area contributed by atoms with Gasteiger partial charge in [-0.1, -0.05) is 42.2 Å². The molecule has 1 nitrogen and oxygen atoms in total. The standard InChI is InChI=1S/C14H20O/c1-10-7-11(2)9-12(8-10)13-5-3-4-6-14(13)15/h7-9,13-15H,3-6H2,1-2H3/t13-,14+/m1/s1. The predicted molar refractivity (Wildman–Crippen MR) is 63.1 cm³/mol. The Balaban J connectivity index is 2.27. The molecule has 0 amide bonds. The third-order valence-electron chi connectivity index (χ3n) is 3.40. The Morgan fingerprint density at radius 3 is 2.20 bits per heavy atom. The first-order valence-corrected chi connectivity index (χ1v) is 5.93. The summed E-state index contributed by atoms with van der Waals surface area (Å²) in [5.41, 5.74) is 3.95. The van der Waals surface area contributed by atoms with Crippen molar-refractivity contribution >= 4 is 0 Å². The van der Waals surface area contributed by atoms with Crippen molar-refractivity contribution in [2.75, 3.05) is 0 Å². The predicted octanol–water partition coefficient (Wildman–Crippen LogP) is 3.32. The fraction of sp³-hybridized carbons (Fsp3) is 0.571. The summed E-state index contributed by atoms with van der Waals surface area (Å²) in [7, 11) is 0. The van der Waals surface area contributed by atoms with E-state index >= 15 is 0 Å². The molecule has 2 atom stereocenters. The fourth-order valence-electron chi connectivity index (χ4n) is 2.72. The number of benzene rings is 1. The highest BCUT2D eigenvalue weighted by Gasteiger charge is 2.24. The second kappa shape index (κ2) is 4.36. The van der Waals surface area contributed by atoms with Crippen LogP contribution in [0.25, 0.3) is 0 Å². The van der Waals surface area contributed by atoms with Gasteiger partial charge in [-0.3, -0.25) is 0 Å². The zero-order valence-electron chi connectivity index (χ0n) is 9.66. The van der Waals surface area contributed by atoms with Gasteiger partial charge < -0.3 is 5.11 Å². The molecular formula is C14H20O. The minimum absolute atomic E-state index is 0.125. The molecule has 2 rings (SSSR count). The molecule has 0 aliphatic heterocycles. The lowest BCUT2D eigenvalue weighted by molar-refractivity contribution is 0.106. The van der Waals surface area contributed by atoms with Gasteiger partial charge in [0.1, 0.15) is 0 Å². The average Bonchev–Trinajstić information content (AvgIpc) is 2.16. The molecule has 0 radical (unpaired) electrons. The van der Waals surface area contributed by atoms with E-state index in [1.54, 1.807) is 0 Å². The summed E-state index contributed by atoms with van der Waals surface area (Å²) in [5, 5.41) is 10.0. The van der Waals surface area contributed by atoms with Gasteiger partial charge in [0.15, 0.2) is 0 Å². The van der Waals surface area contributed by atoms with Crippen LogP contribution in [0.5, 0.6) is 0 Å². The van der Waals surface area contributed by atoms with Gasteiger partial charge in [-0.05, 0) is 32.3 Å². The topological polar surface area (TPSA) is 20.2 Å². The molecule has 1 aromatic rings. The van der Waals surface area contributed by atoms with Crippen LogP contribution in [0.2, 0.25) is 0 Å². The van der Waals surface area contributed by atoms with Crippen LogP contribution in [0.1, 0.15) is 48.3 Å². The lowest BCUT2D eigenvalue weighted by atomic mass is 9.81. The van der Waals surface area contributed by atoms with E-state index < -0.39 is 0 Å². The number of aliphatic hydroxyl groups excluding tert-OH is 1. The van der Waals surface area contributed by atoms with Crippen molar-refractivity contribution in [2.24, 2.45) is 0 Å². The van der Waals surface area contributed by atoms with E-state index in [1.807, 2.05) is 0 Å². The zero-order chi connectivity index (χ0) is 10.8. The molecule has 15 heavy (non-hydrogen) atoms. The van der Waals surface area contributed by atoms with Crippen molar-refractivity contribution in [1.82, 2.24) is 0 Å². The molecular weight excluding hydrogens is 184 g/mol. The summed E-state index contributed by atoms with van der Waals surface area (Å²) < 4.78 is 0. The minimum atomic E-state index is -0.125. The van der Waals surface area contributed by atoms with Crippen molar-refractivity contribution in [3.8, 4) is 0 Å². The van der Waals surface area contributed by atoms with Gasteiger partial charge >= 0.3 is 0 Å². The third kappa shape index (κ3) is 2.40. The molecule has 1 aromatic carbocycles. The number of hydrogen-bond donors (Lipinski definition) is 1. The summed E-state index contributed by atoms with van der Waals surface area (Å²) in [6, 6.07) is 6.65. The average molecular weight is 204 g/mol. The first kappa shape index (κ1) is 10.7. The number of aryl methyl sites for hydroxylation is 2. The maximum atomic E-state index is 10.0. The van der Waals surface area contributed by atoms with Crippen molar-refractivity contribution in [3.63, 3.8) is 0 Å². The lowest BCUT2D eigenvalue weighted by Gasteiger charge is -2.28. The second-order valence-electron chi connectivity index (χ2n) is 4.88. The lowest BCUT2D eigenvalue weighted by Crippen LogP contribution is -2.22. The van der Waals surface area contributed by atoms with E-state index in [0.717, 1.165) is 12.8 Å². The highest BCUT2D eigenvalue weighted by molar-refractivity contribution is 5.31. The molecule has 0 saturated heterocycles. The third-order valence-corrected chi connectivity index (χ3v) is 3.40. The molecule has 1 heteroatoms. The van der Waals surface area contributed by atoms with Crippen molar-refractivity contribution in [3.05, 3.63) is 34.9 Å². The van der Waals surface area contributed by atoms with Gasteiger partial charge in [0.2, 0.25) is 0 Å². The number of hydrogen-bond acceptors (Lipinski definition) is 1. The van der Waals surface area contributed by atoms with E-state index in [-0.39, 0.29) is 6.10 Å². The molecule has 0 spiro atoms. The van der Waals surface area contributed by atoms with Crippen LogP contribution < -0.4 is 0 Å². The molecule has 0 unspecified atom stereocenters. The highest BCUT2D eigenvalue weighted by atomic mass is 16.3. The maximum Gasteiger partial charge on any atom is 0.0608 e. The largest absolute Gasteiger partial charge is 0.392 e. The van der Waals surface area contributed by atoms with Gasteiger partial charge in [-0.2, -0.15) is 0 Å². The van der Waals surface area contributed by atoms with Crippen LogP contribution >= 0.6 is 0 Å². The summed E-state index contributed by atoms with van der Waals surface area (Å²) in [6.45, 7) is 4.26. The van der Waals surface area contributed by atoms with E-state index in [2.05, 4.69) is 32.0 Å². The van der Waals surface area contributed by atoms with Crippen LogP contribution in [-0.4, -0.2) is 11.2 Å². The van der Waals surface area contributed by atoms with Gasteiger partial charge in [0.25, 0.3) is 0 Å². The zero-order valence-corrected chi connectivity index (χ0v) is 9.66. The van der Waals surface area contributed by atoms with Gasteiger partial charge in [0.05, 0.1) is 6.10 Å². The molecule has 0 heterocycles. The van der Waals surface area contributed by atoms with Crippen LogP contribution in [0.3, 0.4) is 0 Å². The van der Waals surface area contributed by atoms with Gasteiger partial charge in [-0.25, -0.2) is 0 Å². The normalized spacial score (nSPS) is 26.6. The maximum absolute atomic E-state index is 10.0. The Morgan fingerprint density at radius 1 is 1.00 bits per heavy atom. The van der Waals surface area contributed by atoms with Crippen molar-refractivity contribution in [2.45, 2.75) is 51.6 Å². The van der Waals surface area contributed by atoms with Crippen molar-refractivity contribution in [1.29, 1.82) is 0 Å². The van der Waals surface area contributed by atoms with Crippen LogP contribution in [-0.2, 0) is 0 Å². The second-order valence-corrected chi connectivity index (χ2v) is 4.88. The minimum Gasteiger partial charge on any atom is -0.392 e. The van der Waals surface area contributed by atoms with Gasteiger partial charge in [0, 0.05) is 5.92 Å². The number of aliphatic hydroxyl groups is 1. The Bertz CT molecular complexity index is 323. The summed E-state index contributed by atoms with van der Waals surface area (Å²) in [4.78, 5) is 0. The summed E-state index contributed by atoms with van der Waals surface area (Å²) in [6.07, 6.45) is 4.43. The highest BCUT2D eigenvalue weighted by Crippen LogP contribution is 2.33. The van der Waals surface area contributed by atoms with E-state index in [1.165, 1.54) is 29.5 Å². The molecule has 1 N–H and O–H groups in total. The Labute approximate surface area is 92.1 Å². The monoisotopic (exact) mass is 204 g/mol. The summed E-state index contributed by atoms with van der Waals surface area (Å²) in [5.74, 6) is 0.373. The van der Waals surface area contributed by atoms with E-state index in [0.29, 0.717) is 5.92 Å². The molecule has 82 valence electrons. The van der Waals surface area contributed by atoms with Crippen LogP contribution in [0, 0.1) is 13.8 Å². The summed E-state index contributed by atoms with van der Waals surface area (Å²) >= 11 is 0. The Hall–Kier alpha value is -0.820. The smallest absolute Gasteiger partial charge is 0.0608 e. The van der Waals surface area contributed by atoms with Crippen LogP contribution in [0.4, 0.5) is 0 Å². The first-order chi connectivity index (χ1) is 7.16. The Morgan fingerprint density at radius 2 is 1.60 bits per heavy atom. The van der Waals surface area contributed by atoms with E-state index in [9.17, 15) is 5.11 Å². The molecule has 1 aliphatic carbocycles. The van der Waals surface area contributed by atoms with Gasteiger partial charge in [-0.15, -0.1) is 0 Å². The molecule has 1 fully saturated rings. The SMILES string of the molecule is Cc1cc(C)cc([C@H]2CCCC[C@@H]2O)c1. The molecule has 1 aliphatic rings. The number of rotatable bonds is 1. The molecule has 1 saturated carbocycles. The molecule has 0 bridgehead atoms. The Kier molecular flexibility index (Phi) is 3.11. The van der Waals surface area contributed by atoms with Crippen molar-refractivity contribution < 1.29 is 5.11 Å².